The molecule has 3 unspecified atom stereocenters. The van der Waals surface area contributed by atoms with Crippen LogP contribution in [0.4, 0.5) is 0 Å². The van der Waals surface area contributed by atoms with E-state index in [4.69, 9.17) is 10.8 Å². The van der Waals surface area contributed by atoms with E-state index < -0.39 is 0 Å². The molecule has 0 aliphatic carbocycles. The average Bonchev–Trinajstić information content (AvgIpc) is 2.91. The van der Waals surface area contributed by atoms with Crippen molar-refractivity contribution in [2.45, 2.75) is 31.8 Å². The van der Waals surface area contributed by atoms with E-state index in [1.54, 1.807) is 11.3 Å². The Morgan fingerprint density at radius 1 is 1.65 bits per heavy atom. The fraction of sp³-hybridized carbons (Fsp3) is 0.692. The first-order chi connectivity index (χ1) is 8.22. The number of aliphatic hydroxyl groups excluding tert-OH is 1. The number of hydrogen-bond donors (Lipinski definition) is 2. The molecule has 0 radical (unpaired) electrons. The van der Waals surface area contributed by atoms with Gasteiger partial charge in [0.2, 0.25) is 0 Å². The highest BCUT2D eigenvalue weighted by Gasteiger charge is 2.31. The highest BCUT2D eigenvalue weighted by molar-refractivity contribution is 7.10. The highest BCUT2D eigenvalue weighted by Crippen LogP contribution is 2.32. The van der Waals surface area contributed by atoms with Crippen molar-refractivity contribution in [3.8, 4) is 0 Å². The van der Waals surface area contributed by atoms with E-state index >= 15 is 0 Å². The van der Waals surface area contributed by atoms with Gasteiger partial charge in [-0.25, -0.2) is 0 Å². The SMILES string of the molecule is CC(N)C(c1cccs1)N1CCC(CCO)C1. The first-order valence-corrected chi connectivity index (χ1v) is 7.24. The third-order valence-electron chi connectivity index (χ3n) is 3.58. The Hall–Kier alpha value is -0.420. The third-order valence-corrected chi connectivity index (χ3v) is 4.52. The number of hydrogen-bond acceptors (Lipinski definition) is 4. The number of likely N-dealkylation sites (tertiary alicyclic amines) is 1. The molecular weight excluding hydrogens is 232 g/mol. The molecule has 0 bridgehead atoms. The van der Waals surface area contributed by atoms with Gasteiger partial charge in [0.25, 0.3) is 0 Å². The highest BCUT2D eigenvalue weighted by atomic mass is 32.1. The van der Waals surface area contributed by atoms with Gasteiger partial charge in [-0.05, 0) is 43.7 Å². The van der Waals surface area contributed by atoms with Gasteiger partial charge in [0.15, 0.2) is 0 Å². The van der Waals surface area contributed by atoms with Crippen molar-refractivity contribution in [1.82, 2.24) is 4.90 Å². The van der Waals surface area contributed by atoms with E-state index in [2.05, 4.69) is 29.3 Å². The zero-order valence-corrected chi connectivity index (χ0v) is 11.2. The Kier molecular flexibility index (Phi) is 4.56. The monoisotopic (exact) mass is 254 g/mol. The lowest BCUT2D eigenvalue weighted by molar-refractivity contribution is 0.203. The van der Waals surface area contributed by atoms with Crippen LogP contribution >= 0.6 is 11.3 Å². The molecular formula is C13H22N2OS. The number of nitrogens with two attached hydrogens (primary N) is 1. The normalized spacial score (nSPS) is 25.0. The van der Waals surface area contributed by atoms with Crippen LogP contribution in [0.2, 0.25) is 0 Å². The lowest BCUT2D eigenvalue weighted by Gasteiger charge is -2.30. The summed E-state index contributed by atoms with van der Waals surface area (Å²) in [6, 6.07) is 4.77. The summed E-state index contributed by atoms with van der Waals surface area (Å²) in [6.07, 6.45) is 2.11. The molecule has 3 nitrogen and oxygen atoms in total. The first kappa shape index (κ1) is 13.0. The maximum absolute atomic E-state index is 9.00. The van der Waals surface area contributed by atoms with Crippen molar-refractivity contribution >= 4 is 11.3 Å². The van der Waals surface area contributed by atoms with Crippen LogP contribution in [0.25, 0.3) is 0 Å². The van der Waals surface area contributed by atoms with E-state index in [0.29, 0.717) is 18.6 Å². The quantitative estimate of drug-likeness (QED) is 0.843. The van der Waals surface area contributed by atoms with Gasteiger partial charge in [-0.1, -0.05) is 6.07 Å². The molecule has 4 heteroatoms. The molecule has 1 aromatic heterocycles. The molecule has 0 aromatic carbocycles. The minimum atomic E-state index is 0.154. The smallest absolute Gasteiger partial charge is 0.0590 e. The molecule has 1 aliphatic heterocycles. The second-order valence-electron chi connectivity index (χ2n) is 4.98. The molecule has 3 N–H and O–H groups in total. The minimum absolute atomic E-state index is 0.154. The van der Waals surface area contributed by atoms with E-state index in [1.165, 1.54) is 11.3 Å². The Morgan fingerprint density at radius 2 is 2.47 bits per heavy atom. The standard InChI is InChI=1S/C13H22N2OS/c1-10(14)13(12-3-2-8-17-12)15-6-4-11(9-15)5-7-16/h2-3,8,10-11,13,16H,4-7,9,14H2,1H3. The number of rotatable bonds is 5. The van der Waals surface area contributed by atoms with Gasteiger partial charge in [0.1, 0.15) is 0 Å². The van der Waals surface area contributed by atoms with Gasteiger partial charge in [-0.3, -0.25) is 4.90 Å². The maximum atomic E-state index is 9.00. The number of thiophene rings is 1. The summed E-state index contributed by atoms with van der Waals surface area (Å²) in [5, 5.41) is 11.1. The Bertz CT molecular complexity index is 326. The van der Waals surface area contributed by atoms with Gasteiger partial charge in [0, 0.05) is 24.1 Å². The molecule has 0 amide bonds. The van der Waals surface area contributed by atoms with E-state index in [9.17, 15) is 0 Å². The molecule has 0 spiro atoms. The minimum Gasteiger partial charge on any atom is -0.396 e. The summed E-state index contributed by atoms with van der Waals surface area (Å²) in [6.45, 7) is 4.57. The van der Waals surface area contributed by atoms with Crippen LogP contribution in [-0.4, -0.2) is 35.7 Å². The Balaban J connectivity index is 2.03. The van der Waals surface area contributed by atoms with Crippen molar-refractivity contribution < 1.29 is 5.11 Å². The zero-order valence-electron chi connectivity index (χ0n) is 10.4. The summed E-state index contributed by atoms with van der Waals surface area (Å²) in [4.78, 5) is 3.85. The van der Waals surface area contributed by atoms with Gasteiger partial charge < -0.3 is 10.8 Å². The average molecular weight is 254 g/mol. The van der Waals surface area contributed by atoms with Crippen LogP contribution in [0.3, 0.4) is 0 Å². The predicted molar refractivity (Wildman–Crippen MR) is 72.1 cm³/mol. The topological polar surface area (TPSA) is 49.5 Å². The molecule has 0 saturated carbocycles. The van der Waals surface area contributed by atoms with E-state index in [-0.39, 0.29) is 6.04 Å². The Labute approximate surface area is 107 Å². The van der Waals surface area contributed by atoms with Crippen LogP contribution in [0.15, 0.2) is 17.5 Å². The zero-order chi connectivity index (χ0) is 12.3. The Morgan fingerprint density at radius 3 is 3.06 bits per heavy atom. The van der Waals surface area contributed by atoms with Crippen molar-refractivity contribution in [2.75, 3.05) is 19.7 Å². The van der Waals surface area contributed by atoms with Gasteiger partial charge in [-0.2, -0.15) is 0 Å². The summed E-state index contributed by atoms with van der Waals surface area (Å²) in [7, 11) is 0. The molecule has 96 valence electrons. The second-order valence-corrected chi connectivity index (χ2v) is 5.96. The van der Waals surface area contributed by atoms with Crippen molar-refractivity contribution in [3.05, 3.63) is 22.4 Å². The van der Waals surface area contributed by atoms with Crippen molar-refractivity contribution in [1.29, 1.82) is 0 Å². The van der Waals surface area contributed by atoms with E-state index in [0.717, 1.165) is 19.5 Å². The molecule has 2 heterocycles. The predicted octanol–water partition coefficient (Wildman–Crippen LogP) is 1.84. The van der Waals surface area contributed by atoms with Crippen LogP contribution in [0.1, 0.15) is 30.7 Å². The number of aliphatic hydroxyl groups is 1. The molecule has 3 atom stereocenters. The summed E-state index contributed by atoms with van der Waals surface area (Å²) < 4.78 is 0. The fourth-order valence-corrected chi connectivity index (χ4v) is 3.74. The number of nitrogens with zero attached hydrogens (tertiary/aromatic N) is 1. The first-order valence-electron chi connectivity index (χ1n) is 6.36. The van der Waals surface area contributed by atoms with E-state index in [1.807, 2.05) is 0 Å². The van der Waals surface area contributed by atoms with Gasteiger partial charge in [0.05, 0.1) is 6.04 Å². The molecule has 17 heavy (non-hydrogen) atoms. The lowest BCUT2D eigenvalue weighted by Crippen LogP contribution is -2.37. The third kappa shape index (κ3) is 3.07. The largest absolute Gasteiger partial charge is 0.396 e. The van der Waals surface area contributed by atoms with Crippen molar-refractivity contribution in [3.63, 3.8) is 0 Å². The van der Waals surface area contributed by atoms with Crippen LogP contribution in [0.5, 0.6) is 0 Å². The lowest BCUT2D eigenvalue weighted by atomic mass is 10.1. The molecule has 2 rings (SSSR count). The van der Waals surface area contributed by atoms with Crippen LogP contribution in [-0.2, 0) is 0 Å². The van der Waals surface area contributed by atoms with Gasteiger partial charge >= 0.3 is 0 Å². The maximum Gasteiger partial charge on any atom is 0.0590 e. The summed E-state index contributed by atoms with van der Waals surface area (Å²) >= 11 is 1.79. The van der Waals surface area contributed by atoms with Gasteiger partial charge in [-0.15, -0.1) is 11.3 Å². The second kappa shape index (κ2) is 5.96. The van der Waals surface area contributed by atoms with Crippen LogP contribution < -0.4 is 5.73 Å². The van der Waals surface area contributed by atoms with Crippen LogP contribution in [0, 0.1) is 5.92 Å². The molecule has 1 aromatic rings. The molecule has 1 fully saturated rings. The molecule has 1 saturated heterocycles. The van der Waals surface area contributed by atoms with Crippen molar-refractivity contribution in [2.24, 2.45) is 11.7 Å². The summed E-state index contributed by atoms with van der Waals surface area (Å²) in [5.74, 6) is 0.640. The fourth-order valence-electron chi connectivity index (χ4n) is 2.76. The molecule has 1 aliphatic rings. The summed E-state index contributed by atoms with van der Waals surface area (Å²) in [5.41, 5.74) is 6.14.